The lowest BCUT2D eigenvalue weighted by molar-refractivity contribution is -0.916. The van der Waals surface area contributed by atoms with Gasteiger partial charge in [-0.3, -0.25) is 0 Å². The number of rotatable bonds is 3. The molecule has 1 heterocycles. The highest BCUT2D eigenvalue weighted by molar-refractivity contribution is 4.48. The van der Waals surface area contributed by atoms with Gasteiger partial charge in [0.05, 0.1) is 20.1 Å². The molecule has 0 unspecified atom stereocenters. The molecule has 0 amide bonds. The number of likely N-dealkylation sites (tertiary alicyclic amines) is 1. The van der Waals surface area contributed by atoms with Gasteiger partial charge in [-0.2, -0.15) is 0 Å². The molecule has 0 spiro atoms. The van der Waals surface area contributed by atoms with E-state index in [2.05, 4.69) is 14.0 Å². The molecular formula is C8H18ClNO. The Hall–Kier alpha value is 0.210. The molecule has 1 saturated heterocycles. The number of ether oxygens (including phenoxy) is 1. The van der Waals surface area contributed by atoms with Gasteiger partial charge < -0.3 is 21.6 Å². The minimum absolute atomic E-state index is 0. The van der Waals surface area contributed by atoms with Gasteiger partial charge >= 0.3 is 0 Å². The van der Waals surface area contributed by atoms with Crippen LogP contribution in [-0.4, -0.2) is 38.0 Å². The first-order chi connectivity index (χ1) is 4.77. The molecular weight excluding hydrogens is 162 g/mol. The summed E-state index contributed by atoms with van der Waals surface area (Å²) >= 11 is 0. The summed E-state index contributed by atoms with van der Waals surface area (Å²) in [6.45, 7) is 6.44. The van der Waals surface area contributed by atoms with Crippen molar-refractivity contribution in [3.8, 4) is 0 Å². The van der Waals surface area contributed by atoms with Gasteiger partial charge in [0.25, 0.3) is 0 Å². The van der Waals surface area contributed by atoms with Gasteiger partial charge in [0.2, 0.25) is 0 Å². The maximum atomic E-state index is 5.39. The summed E-state index contributed by atoms with van der Waals surface area (Å²) in [5, 5.41) is 0. The van der Waals surface area contributed by atoms with Crippen molar-refractivity contribution in [2.45, 2.75) is 19.8 Å². The Morgan fingerprint density at radius 3 is 2.27 bits per heavy atom. The monoisotopic (exact) mass is 179 g/mol. The Morgan fingerprint density at radius 1 is 1.27 bits per heavy atom. The Morgan fingerprint density at radius 2 is 1.82 bits per heavy atom. The van der Waals surface area contributed by atoms with E-state index in [1.165, 1.54) is 25.9 Å². The molecule has 0 aromatic heterocycles. The minimum atomic E-state index is 0. The Bertz CT molecular complexity index is 102. The first kappa shape index (κ1) is 11.2. The predicted molar refractivity (Wildman–Crippen MR) is 41.6 cm³/mol. The van der Waals surface area contributed by atoms with Gasteiger partial charge in [-0.05, 0) is 6.92 Å². The number of quaternary nitrogens is 1. The molecule has 0 N–H and O–H groups in total. The molecule has 0 aliphatic carbocycles. The van der Waals surface area contributed by atoms with Crippen LogP contribution in [0.5, 0.6) is 0 Å². The smallest absolute Gasteiger partial charge is 0.182 e. The van der Waals surface area contributed by atoms with E-state index >= 15 is 0 Å². The summed E-state index contributed by atoms with van der Waals surface area (Å²) in [6, 6.07) is 0. The zero-order chi connectivity index (χ0) is 7.45. The number of hydrogen-bond donors (Lipinski definition) is 0. The van der Waals surface area contributed by atoms with Crippen molar-refractivity contribution in [3.05, 3.63) is 0 Å². The summed E-state index contributed by atoms with van der Waals surface area (Å²) in [5.74, 6) is 0. The second-order valence-electron chi connectivity index (χ2n) is 3.40. The van der Waals surface area contributed by atoms with E-state index in [-0.39, 0.29) is 12.4 Å². The van der Waals surface area contributed by atoms with E-state index in [1.54, 1.807) is 0 Å². The molecule has 3 heteroatoms. The van der Waals surface area contributed by atoms with Crippen LogP contribution in [0, 0.1) is 0 Å². The van der Waals surface area contributed by atoms with Gasteiger partial charge in [-0.1, -0.05) is 0 Å². The molecule has 0 radical (unpaired) electrons. The normalized spacial score (nSPS) is 21.3. The molecule has 2 nitrogen and oxygen atoms in total. The largest absolute Gasteiger partial charge is 1.00 e. The number of hydrogen-bond acceptors (Lipinski definition) is 1. The Balaban J connectivity index is 0.000001000. The molecule has 0 bridgehead atoms. The maximum absolute atomic E-state index is 5.39. The highest BCUT2D eigenvalue weighted by Gasteiger charge is 2.26. The fraction of sp³-hybridized carbons (Fsp3) is 1.00. The van der Waals surface area contributed by atoms with Crippen molar-refractivity contribution in [2.75, 3.05) is 33.5 Å². The molecule has 0 saturated carbocycles. The Kier molecular flexibility index (Phi) is 5.06. The molecule has 11 heavy (non-hydrogen) atoms. The molecule has 1 rings (SSSR count). The molecule has 68 valence electrons. The SMILES string of the molecule is CCOC[N+]1(C)CCCC1.[Cl-]. The maximum Gasteiger partial charge on any atom is 0.182 e. The molecule has 1 fully saturated rings. The summed E-state index contributed by atoms with van der Waals surface area (Å²) < 4.78 is 6.53. The van der Waals surface area contributed by atoms with Gasteiger partial charge in [0, 0.05) is 19.4 Å². The molecule has 1 aliphatic rings. The fourth-order valence-electron chi connectivity index (χ4n) is 1.54. The predicted octanol–water partition coefficient (Wildman–Crippen LogP) is -1.78. The fourth-order valence-corrected chi connectivity index (χ4v) is 1.54. The third-order valence-electron chi connectivity index (χ3n) is 2.25. The number of halogens is 1. The van der Waals surface area contributed by atoms with Gasteiger partial charge in [0.15, 0.2) is 6.73 Å². The molecule has 0 aromatic rings. The summed E-state index contributed by atoms with van der Waals surface area (Å²) in [6.07, 6.45) is 2.76. The Labute approximate surface area is 75.5 Å². The van der Waals surface area contributed by atoms with Crippen molar-refractivity contribution in [3.63, 3.8) is 0 Å². The first-order valence-corrected chi connectivity index (χ1v) is 4.18. The lowest BCUT2D eigenvalue weighted by Crippen LogP contribution is -3.00. The van der Waals surface area contributed by atoms with Crippen LogP contribution < -0.4 is 12.4 Å². The van der Waals surface area contributed by atoms with E-state index in [0.717, 1.165) is 17.8 Å². The van der Waals surface area contributed by atoms with Crippen LogP contribution in [0.1, 0.15) is 19.8 Å². The molecule has 1 aliphatic heterocycles. The van der Waals surface area contributed by atoms with Crippen LogP contribution in [0.3, 0.4) is 0 Å². The second-order valence-corrected chi connectivity index (χ2v) is 3.40. The van der Waals surface area contributed by atoms with E-state index in [1.807, 2.05) is 0 Å². The van der Waals surface area contributed by atoms with Crippen molar-refractivity contribution < 1.29 is 21.6 Å². The zero-order valence-corrected chi connectivity index (χ0v) is 8.23. The highest BCUT2D eigenvalue weighted by Crippen LogP contribution is 2.15. The summed E-state index contributed by atoms with van der Waals surface area (Å²) in [7, 11) is 2.28. The van der Waals surface area contributed by atoms with Crippen LogP contribution in [0.25, 0.3) is 0 Å². The van der Waals surface area contributed by atoms with E-state index < -0.39 is 0 Å². The van der Waals surface area contributed by atoms with E-state index in [4.69, 9.17) is 4.74 Å². The second kappa shape index (κ2) is 4.96. The third-order valence-corrected chi connectivity index (χ3v) is 2.25. The third kappa shape index (κ3) is 3.41. The van der Waals surface area contributed by atoms with Crippen LogP contribution in [0.4, 0.5) is 0 Å². The van der Waals surface area contributed by atoms with Gasteiger partial charge in [-0.15, -0.1) is 0 Å². The van der Waals surface area contributed by atoms with Crippen molar-refractivity contribution >= 4 is 0 Å². The zero-order valence-electron chi connectivity index (χ0n) is 7.48. The molecule has 0 atom stereocenters. The quantitative estimate of drug-likeness (QED) is 0.466. The lowest BCUT2D eigenvalue weighted by Gasteiger charge is -2.27. The molecule has 0 aromatic carbocycles. The van der Waals surface area contributed by atoms with Crippen LogP contribution in [-0.2, 0) is 4.74 Å². The number of nitrogens with zero attached hydrogens (tertiary/aromatic N) is 1. The van der Waals surface area contributed by atoms with Crippen molar-refractivity contribution in [1.29, 1.82) is 0 Å². The van der Waals surface area contributed by atoms with E-state index in [0.29, 0.717) is 0 Å². The van der Waals surface area contributed by atoms with Crippen LogP contribution >= 0.6 is 0 Å². The first-order valence-electron chi connectivity index (χ1n) is 4.18. The highest BCUT2D eigenvalue weighted by atomic mass is 35.5. The topological polar surface area (TPSA) is 9.23 Å². The van der Waals surface area contributed by atoms with Crippen molar-refractivity contribution in [1.82, 2.24) is 0 Å². The van der Waals surface area contributed by atoms with Crippen LogP contribution in [0.2, 0.25) is 0 Å². The van der Waals surface area contributed by atoms with Crippen LogP contribution in [0.15, 0.2) is 0 Å². The van der Waals surface area contributed by atoms with Gasteiger partial charge in [-0.25, -0.2) is 0 Å². The average Bonchev–Trinajstić information content (AvgIpc) is 2.33. The van der Waals surface area contributed by atoms with Crippen molar-refractivity contribution in [2.24, 2.45) is 0 Å². The standard InChI is InChI=1S/C8H18NO.ClH/c1-3-10-8-9(2)6-4-5-7-9;/h3-8H2,1-2H3;1H/q+1;/p-1. The summed E-state index contributed by atoms with van der Waals surface area (Å²) in [4.78, 5) is 0. The van der Waals surface area contributed by atoms with Gasteiger partial charge in [0.1, 0.15) is 0 Å². The lowest BCUT2D eigenvalue weighted by atomic mass is 10.4. The van der Waals surface area contributed by atoms with E-state index in [9.17, 15) is 0 Å². The minimum Gasteiger partial charge on any atom is -1.00 e. The average molecular weight is 180 g/mol. The summed E-state index contributed by atoms with van der Waals surface area (Å²) in [5.41, 5.74) is 0.